The quantitative estimate of drug-likeness (QED) is 0.433. The molecule has 0 aliphatic heterocycles. The summed E-state index contributed by atoms with van der Waals surface area (Å²) >= 11 is 0. The van der Waals surface area contributed by atoms with Gasteiger partial charge < -0.3 is 4.18 Å². The fraction of sp³-hybridized carbons (Fsp3) is 0.467. The number of hydrogen-bond donors (Lipinski definition) is 0. The summed E-state index contributed by atoms with van der Waals surface area (Å²) in [4.78, 5) is 0. The molecular formula is C15H19F3O3S. The number of rotatable bonds is 6. The highest BCUT2D eigenvalue weighted by Gasteiger charge is 2.48. The van der Waals surface area contributed by atoms with Crippen molar-refractivity contribution in [3.05, 3.63) is 41.0 Å². The topological polar surface area (TPSA) is 43.4 Å². The Morgan fingerprint density at radius 1 is 1.14 bits per heavy atom. The van der Waals surface area contributed by atoms with Crippen LogP contribution in [0.4, 0.5) is 13.2 Å². The molecule has 1 rings (SSSR count). The Kier molecular flexibility index (Phi) is 6.05. The van der Waals surface area contributed by atoms with Gasteiger partial charge in [0.25, 0.3) is 0 Å². The van der Waals surface area contributed by atoms with Gasteiger partial charge in [-0.3, -0.25) is 0 Å². The largest absolute Gasteiger partial charge is 0.534 e. The Labute approximate surface area is 128 Å². The van der Waals surface area contributed by atoms with Gasteiger partial charge in [-0.1, -0.05) is 29.3 Å². The minimum absolute atomic E-state index is 0.269. The molecule has 0 N–H and O–H groups in total. The summed E-state index contributed by atoms with van der Waals surface area (Å²) in [5.41, 5.74) is -2.58. The van der Waals surface area contributed by atoms with Crippen molar-refractivity contribution in [3.8, 4) is 5.75 Å². The molecule has 0 fully saturated rings. The maximum Gasteiger partial charge on any atom is 0.534 e. The number of allylic oxidation sites excluding steroid dienone is 2. The Bertz CT molecular complexity index is 642. The van der Waals surface area contributed by atoms with Crippen LogP contribution in [-0.2, 0) is 16.5 Å². The molecule has 0 aromatic heterocycles. The minimum Gasteiger partial charge on any atom is -0.376 e. The molecule has 1 aromatic carbocycles. The van der Waals surface area contributed by atoms with Crippen LogP contribution in [0.15, 0.2) is 35.4 Å². The van der Waals surface area contributed by atoms with Crippen molar-refractivity contribution in [2.24, 2.45) is 0 Å². The van der Waals surface area contributed by atoms with Crippen molar-refractivity contribution in [3.63, 3.8) is 0 Å². The van der Waals surface area contributed by atoms with Crippen molar-refractivity contribution in [1.82, 2.24) is 0 Å². The molecule has 1 aromatic rings. The number of aryl methyl sites for hydroxylation is 1. The first-order valence-corrected chi connectivity index (χ1v) is 8.17. The molecule has 0 aliphatic rings. The summed E-state index contributed by atoms with van der Waals surface area (Å²) < 4.78 is 63.6. The van der Waals surface area contributed by atoms with Gasteiger partial charge in [0.15, 0.2) is 0 Å². The van der Waals surface area contributed by atoms with Crippen LogP contribution in [-0.4, -0.2) is 13.9 Å². The van der Waals surface area contributed by atoms with Crippen molar-refractivity contribution in [2.75, 3.05) is 0 Å². The van der Waals surface area contributed by atoms with Crippen molar-refractivity contribution in [1.29, 1.82) is 0 Å². The second kappa shape index (κ2) is 7.17. The highest BCUT2D eigenvalue weighted by molar-refractivity contribution is 7.88. The third-order valence-electron chi connectivity index (χ3n) is 3.31. The van der Waals surface area contributed by atoms with Gasteiger partial charge in [0.2, 0.25) is 0 Å². The van der Waals surface area contributed by atoms with E-state index in [-0.39, 0.29) is 5.75 Å². The highest BCUT2D eigenvalue weighted by Crippen LogP contribution is 2.29. The summed E-state index contributed by atoms with van der Waals surface area (Å²) in [7, 11) is -5.64. The zero-order valence-electron chi connectivity index (χ0n) is 12.7. The van der Waals surface area contributed by atoms with Gasteiger partial charge in [-0.2, -0.15) is 21.6 Å². The molecule has 124 valence electrons. The summed E-state index contributed by atoms with van der Waals surface area (Å²) in [6, 6.07) is 5.87. The van der Waals surface area contributed by atoms with E-state index in [0.29, 0.717) is 18.4 Å². The zero-order chi connectivity index (χ0) is 17.0. The normalized spacial score (nSPS) is 12.1. The molecule has 0 saturated carbocycles. The summed E-state index contributed by atoms with van der Waals surface area (Å²) in [6.07, 6.45) is 1.93. The van der Waals surface area contributed by atoms with E-state index in [1.54, 1.807) is 12.1 Å². The average Bonchev–Trinajstić information content (AvgIpc) is 2.38. The van der Waals surface area contributed by atoms with Gasteiger partial charge in [0.1, 0.15) is 5.75 Å². The Balaban J connectivity index is 2.86. The van der Waals surface area contributed by atoms with E-state index in [1.165, 1.54) is 23.3 Å². The Morgan fingerprint density at radius 2 is 1.73 bits per heavy atom. The molecule has 0 amide bonds. The molecular weight excluding hydrogens is 317 g/mol. The van der Waals surface area contributed by atoms with Crippen LogP contribution in [0.3, 0.4) is 0 Å². The highest BCUT2D eigenvalue weighted by atomic mass is 32.2. The molecule has 22 heavy (non-hydrogen) atoms. The predicted molar refractivity (Wildman–Crippen MR) is 79.0 cm³/mol. The van der Waals surface area contributed by atoms with E-state index in [1.807, 2.05) is 20.8 Å². The fourth-order valence-electron chi connectivity index (χ4n) is 1.75. The molecule has 0 saturated heterocycles. The molecule has 0 bridgehead atoms. The lowest BCUT2D eigenvalue weighted by Crippen LogP contribution is -2.28. The first-order valence-electron chi connectivity index (χ1n) is 6.76. The van der Waals surface area contributed by atoms with Crippen LogP contribution in [0, 0.1) is 0 Å². The van der Waals surface area contributed by atoms with Crippen molar-refractivity contribution < 1.29 is 25.8 Å². The standard InChI is InChI=1S/C15H19F3O3S/c1-11(2)12(3)7-6-9-13-8-4-5-10-14(13)21-22(19,20)15(16,17)18/h4-5,8,10H,6-7,9H2,1-3H3. The van der Waals surface area contributed by atoms with Gasteiger partial charge in [-0.15, -0.1) is 0 Å². The van der Waals surface area contributed by atoms with E-state index in [4.69, 9.17) is 0 Å². The lowest BCUT2D eigenvalue weighted by atomic mass is 10.0. The van der Waals surface area contributed by atoms with Crippen molar-refractivity contribution >= 4 is 10.1 Å². The van der Waals surface area contributed by atoms with Gasteiger partial charge >= 0.3 is 15.6 Å². The molecule has 7 heteroatoms. The second-order valence-electron chi connectivity index (χ2n) is 5.22. The number of hydrogen-bond acceptors (Lipinski definition) is 3. The lowest BCUT2D eigenvalue weighted by molar-refractivity contribution is -0.0500. The Morgan fingerprint density at radius 3 is 2.27 bits per heavy atom. The average molecular weight is 336 g/mol. The van der Waals surface area contributed by atoms with E-state index >= 15 is 0 Å². The lowest BCUT2D eigenvalue weighted by Gasteiger charge is -2.13. The van der Waals surface area contributed by atoms with Crippen LogP contribution in [0.25, 0.3) is 0 Å². The molecule has 0 spiro atoms. The minimum atomic E-state index is -5.64. The molecule has 0 unspecified atom stereocenters. The summed E-state index contributed by atoms with van der Waals surface area (Å²) in [6.45, 7) is 5.97. The second-order valence-corrected chi connectivity index (χ2v) is 6.76. The summed E-state index contributed by atoms with van der Waals surface area (Å²) in [5.74, 6) is -0.269. The third-order valence-corrected chi connectivity index (χ3v) is 4.27. The summed E-state index contributed by atoms with van der Waals surface area (Å²) in [5, 5.41) is 0. The van der Waals surface area contributed by atoms with Crippen LogP contribution < -0.4 is 4.18 Å². The molecule has 3 nitrogen and oxygen atoms in total. The van der Waals surface area contributed by atoms with Gasteiger partial charge in [-0.05, 0) is 51.7 Å². The van der Waals surface area contributed by atoms with Crippen LogP contribution in [0.5, 0.6) is 5.75 Å². The predicted octanol–water partition coefficient (Wildman–Crippen LogP) is 4.59. The first-order chi connectivity index (χ1) is 10.0. The zero-order valence-corrected chi connectivity index (χ0v) is 13.5. The van der Waals surface area contributed by atoms with E-state index in [9.17, 15) is 21.6 Å². The first kappa shape index (κ1) is 18.5. The smallest absolute Gasteiger partial charge is 0.376 e. The number of para-hydroxylation sites is 1. The fourth-order valence-corrected chi connectivity index (χ4v) is 2.24. The monoisotopic (exact) mass is 336 g/mol. The van der Waals surface area contributed by atoms with E-state index in [2.05, 4.69) is 4.18 Å². The molecule has 0 atom stereocenters. The molecule has 0 radical (unpaired) electrons. The van der Waals surface area contributed by atoms with Crippen molar-refractivity contribution in [2.45, 2.75) is 45.5 Å². The van der Waals surface area contributed by atoms with Crippen LogP contribution in [0.2, 0.25) is 0 Å². The number of halogens is 3. The van der Waals surface area contributed by atoms with Gasteiger partial charge in [-0.25, -0.2) is 0 Å². The van der Waals surface area contributed by atoms with Gasteiger partial charge in [0.05, 0.1) is 0 Å². The number of alkyl halides is 3. The van der Waals surface area contributed by atoms with E-state index in [0.717, 1.165) is 6.42 Å². The van der Waals surface area contributed by atoms with Crippen LogP contribution in [0.1, 0.15) is 39.2 Å². The SMILES string of the molecule is CC(C)=C(C)CCCc1ccccc1OS(=O)(=O)C(F)(F)F. The molecule has 0 aliphatic carbocycles. The Hall–Kier alpha value is -1.50. The maximum absolute atomic E-state index is 12.4. The molecule has 0 heterocycles. The van der Waals surface area contributed by atoms with Gasteiger partial charge in [0, 0.05) is 0 Å². The van der Waals surface area contributed by atoms with Crippen LogP contribution >= 0.6 is 0 Å². The number of benzene rings is 1. The van der Waals surface area contributed by atoms with E-state index < -0.39 is 15.6 Å². The maximum atomic E-state index is 12.4. The third kappa shape index (κ3) is 5.05.